The zero-order valence-corrected chi connectivity index (χ0v) is 11.4. The van der Waals surface area contributed by atoms with E-state index >= 15 is 0 Å². The van der Waals surface area contributed by atoms with Gasteiger partial charge in [0.05, 0.1) is 5.69 Å². The van der Waals surface area contributed by atoms with Crippen molar-refractivity contribution in [2.75, 3.05) is 0 Å². The molecule has 0 amide bonds. The van der Waals surface area contributed by atoms with E-state index in [0.717, 1.165) is 0 Å². The van der Waals surface area contributed by atoms with Gasteiger partial charge in [-0.05, 0) is 26.0 Å². The summed E-state index contributed by atoms with van der Waals surface area (Å²) in [4.78, 5) is 8.11. The molecule has 0 fully saturated rings. The van der Waals surface area contributed by atoms with Crippen LogP contribution in [0, 0.1) is 13.8 Å². The molecule has 0 aliphatic heterocycles. The molecule has 1 aromatic carbocycles. The molecular weight excluding hydrogens is 293 g/mol. The minimum atomic E-state index is -4.77. The first kappa shape index (κ1) is 14.6. The fraction of sp³-hybridized carbons (Fsp3) is 0.231. The molecule has 0 bridgehead atoms. The van der Waals surface area contributed by atoms with Gasteiger partial charge in [0.15, 0.2) is 0 Å². The van der Waals surface area contributed by atoms with E-state index in [2.05, 4.69) is 14.7 Å². The molecule has 7 heteroatoms. The van der Waals surface area contributed by atoms with Crippen molar-refractivity contribution in [2.45, 2.75) is 20.2 Å². The van der Waals surface area contributed by atoms with Gasteiger partial charge in [-0.1, -0.05) is 23.7 Å². The standard InChI is InChI=1S/C13H10ClF3N2O/c1-7-11(18-8(2)19-12(7)14)9-5-3-4-6-10(9)20-13(15,16)17/h3-6H,1-2H3. The molecule has 0 radical (unpaired) electrons. The van der Waals surface area contributed by atoms with Crippen molar-refractivity contribution in [1.29, 1.82) is 0 Å². The number of nitrogens with zero attached hydrogens (tertiary/aromatic N) is 2. The van der Waals surface area contributed by atoms with E-state index in [1.54, 1.807) is 19.9 Å². The van der Waals surface area contributed by atoms with Crippen molar-refractivity contribution < 1.29 is 17.9 Å². The molecule has 2 aromatic rings. The van der Waals surface area contributed by atoms with Gasteiger partial charge in [0.2, 0.25) is 0 Å². The van der Waals surface area contributed by atoms with Crippen LogP contribution in [0.1, 0.15) is 11.4 Å². The molecule has 106 valence electrons. The Hall–Kier alpha value is -1.82. The lowest BCUT2D eigenvalue weighted by atomic mass is 10.1. The molecular formula is C13H10ClF3N2O. The topological polar surface area (TPSA) is 35.0 Å². The summed E-state index contributed by atoms with van der Waals surface area (Å²) in [6.07, 6.45) is -4.77. The van der Waals surface area contributed by atoms with E-state index in [0.29, 0.717) is 17.1 Å². The van der Waals surface area contributed by atoms with E-state index in [-0.39, 0.29) is 16.5 Å². The number of aryl methyl sites for hydroxylation is 1. The molecule has 1 aromatic heterocycles. The zero-order chi connectivity index (χ0) is 14.9. The number of para-hydroxylation sites is 1. The SMILES string of the molecule is Cc1nc(Cl)c(C)c(-c2ccccc2OC(F)(F)F)n1. The lowest BCUT2D eigenvalue weighted by Crippen LogP contribution is -2.17. The third-order valence-electron chi connectivity index (χ3n) is 2.57. The van der Waals surface area contributed by atoms with E-state index in [4.69, 9.17) is 11.6 Å². The molecule has 0 aliphatic carbocycles. The molecule has 2 rings (SSSR count). The maximum atomic E-state index is 12.4. The Morgan fingerprint density at radius 3 is 2.40 bits per heavy atom. The van der Waals surface area contributed by atoms with Crippen LogP contribution in [-0.4, -0.2) is 16.3 Å². The highest BCUT2D eigenvalue weighted by Gasteiger charge is 2.32. The number of hydrogen-bond donors (Lipinski definition) is 0. The maximum absolute atomic E-state index is 12.4. The van der Waals surface area contributed by atoms with Crippen molar-refractivity contribution in [3.05, 3.63) is 40.8 Å². The molecule has 1 heterocycles. The molecule has 0 aliphatic rings. The summed E-state index contributed by atoms with van der Waals surface area (Å²) in [5.74, 6) is 0.0506. The minimum absolute atomic E-state index is 0.203. The summed E-state index contributed by atoms with van der Waals surface area (Å²) in [5, 5.41) is 0.203. The Kier molecular flexibility index (Phi) is 3.85. The molecule has 3 nitrogen and oxygen atoms in total. The number of hydrogen-bond acceptors (Lipinski definition) is 3. The number of halogens is 4. The van der Waals surface area contributed by atoms with Crippen LogP contribution >= 0.6 is 11.6 Å². The van der Waals surface area contributed by atoms with Gasteiger partial charge in [-0.2, -0.15) is 0 Å². The highest BCUT2D eigenvalue weighted by molar-refractivity contribution is 6.30. The van der Waals surface area contributed by atoms with Crippen LogP contribution in [0.15, 0.2) is 24.3 Å². The molecule has 0 atom stereocenters. The van der Waals surface area contributed by atoms with Crippen LogP contribution in [-0.2, 0) is 0 Å². The van der Waals surface area contributed by atoms with Crippen LogP contribution in [0.25, 0.3) is 11.3 Å². The predicted octanol–water partition coefficient (Wildman–Crippen LogP) is 4.31. The Labute approximate surface area is 118 Å². The lowest BCUT2D eigenvalue weighted by Gasteiger charge is -2.14. The third-order valence-corrected chi connectivity index (χ3v) is 2.93. The minimum Gasteiger partial charge on any atom is -0.405 e. The maximum Gasteiger partial charge on any atom is 0.573 e. The van der Waals surface area contributed by atoms with Crippen molar-refractivity contribution in [1.82, 2.24) is 9.97 Å². The number of alkyl halides is 3. The number of aromatic nitrogens is 2. The van der Waals surface area contributed by atoms with Crippen LogP contribution in [0.5, 0.6) is 5.75 Å². The van der Waals surface area contributed by atoms with Crippen LogP contribution in [0.3, 0.4) is 0 Å². The Bertz CT molecular complexity index is 644. The van der Waals surface area contributed by atoms with E-state index in [1.165, 1.54) is 18.2 Å². The second kappa shape index (κ2) is 5.28. The fourth-order valence-corrected chi connectivity index (χ4v) is 1.94. The summed E-state index contributed by atoms with van der Waals surface area (Å²) in [6, 6.07) is 5.78. The van der Waals surface area contributed by atoms with Gasteiger partial charge >= 0.3 is 6.36 Å². The molecule has 20 heavy (non-hydrogen) atoms. The van der Waals surface area contributed by atoms with Crippen LogP contribution in [0.4, 0.5) is 13.2 Å². The number of benzene rings is 1. The molecule has 0 unspecified atom stereocenters. The largest absolute Gasteiger partial charge is 0.573 e. The summed E-state index contributed by atoms with van der Waals surface area (Å²) >= 11 is 5.94. The smallest absolute Gasteiger partial charge is 0.405 e. The average Bonchev–Trinajstić information content (AvgIpc) is 2.33. The van der Waals surface area contributed by atoms with Crippen molar-refractivity contribution in [2.24, 2.45) is 0 Å². The van der Waals surface area contributed by atoms with Gasteiger partial charge in [0.1, 0.15) is 16.7 Å². The quantitative estimate of drug-likeness (QED) is 0.775. The van der Waals surface area contributed by atoms with Gasteiger partial charge in [-0.15, -0.1) is 13.2 Å². The van der Waals surface area contributed by atoms with Gasteiger partial charge in [-0.3, -0.25) is 0 Å². The Balaban J connectivity index is 2.59. The Morgan fingerprint density at radius 1 is 1.10 bits per heavy atom. The summed E-state index contributed by atoms with van der Waals surface area (Å²) in [7, 11) is 0. The van der Waals surface area contributed by atoms with Gasteiger partial charge in [0.25, 0.3) is 0 Å². The Morgan fingerprint density at radius 2 is 1.75 bits per heavy atom. The second-order valence-corrected chi connectivity index (χ2v) is 4.44. The summed E-state index contributed by atoms with van der Waals surface area (Å²) < 4.78 is 41.3. The highest BCUT2D eigenvalue weighted by Crippen LogP contribution is 2.35. The summed E-state index contributed by atoms with van der Waals surface area (Å²) in [5.41, 5.74) is 1.03. The number of ether oxygens (including phenoxy) is 1. The number of rotatable bonds is 2. The van der Waals surface area contributed by atoms with E-state index in [1.807, 2.05) is 0 Å². The highest BCUT2D eigenvalue weighted by atomic mass is 35.5. The van der Waals surface area contributed by atoms with Crippen molar-refractivity contribution in [3.63, 3.8) is 0 Å². The van der Waals surface area contributed by atoms with E-state index in [9.17, 15) is 13.2 Å². The van der Waals surface area contributed by atoms with Crippen molar-refractivity contribution in [3.8, 4) is 17.0 Å². The second-order valence-electron chi connectivity index (χ2n) is 4.08. The van der Waals surface area contributed by atoms with Gasteiger partial charge in [-0.25, -0.2) is 9.97 Å². The first-order valence-electron chi connectivity index (χ1n) is 5.64. The zero-order valence-electron chi connectivity index (χ0n) is 10.6. The normalized spacial score (nSPS) is 11.5. The average molecular weight is 303 g/mol. The molecule has 0 spiro atoms. The first-order chi connectivity index (χ1) is 9.28. The van der Waals surface area contributed by atoms with Gasteiger partial charge in [0, 0.05) is 11.1 Å². The van der Waals surface area contributed by atoms with E-state index < -0.39 is 6.36 Å². The molecule has 0 N–H and O–H groups in total. The first-order valence-corrected chi connectivity index (χ1v) is 6.01. The fourth-order valence-electron chi connectivity index (χ4n) is 1.73. The monoisotopic (exact) mass is 302 g/mol. The van der Waals surface area contributed by atoms with Gasteiger partial charge < -0.3 is 4.74 Å². The van der Waals surface area contributed by atoms with Crippen molar-refractivity contribution >= 4 is 11.6 Å². The molecule has 0 saturated heterocycles. The van der Waals surface area contributed by atoms with Crippen LogP contribution in [0.2, 0.25) is 5.15 Å². The van der Waals surface area contributed by atoms with Crippen LogP contribution < -0.4 is 4.74 Å². The third kappa shape index (κ3) is 3.19. The predicted molar refractivity (Wildman–Crippen MR) is 68.6 cm³/mol. The molecule has 0 saturated carbocycles. The summed E-state index contributed by atoms with van der Waals surface area (Å²) in [6.45, 7) is 3.25. The lowest BCUT2D eigenvalue weighted by molar-refractivity contribution is -0.274.